The van der Waals surface area contributed by atoms with Gasteiger partial charge in [-0.3, -0.25) is 10.1 Å². The number of ether oxygens (including phenoxy) is 1. The Morgan fingerprint density at radius 1 is 1.30 bits per heavy atom. The average Bonchev–Trinajstić information content (AvgIpc) is 2.41. The highest BCUT2D eigenvalue weighted by atomic mass is 79.9. The van der Waals surface area contributed by atoms with Crippen LogP contribution in [-0.4, -0.2) is 4.92 Å². The molecule has 0 atom stereocenters. The van der Waals surface area contributed by atoms with Crippen LogP contribution >= 0.6 is 15.9 Å². The molecule has 0 spiro atoms. The summed E-state index contributed by atoms with van der Waals surface area (Å²) >= 11 is 3.14. The summed E-state index contributed by atoms with van der Waals surface area (Å²) < 4.78 is 18.8. The number of nitro groups is 1. The average molecular weight is 337 g/mol. The molecule has 0 aliphatic rings. The van der Waals surface area contributed by atoms with Crippen LogP contribution in [0.3, 0.4) is 0 Å². The zero-order chi connectivity index (χ0) is 14.7. The van der Waals surface area contributed by atoms with Crippen molar-refractivity contribution in [2.45, 2.75) is 0 Å². The van der Waals surface area contributed by atoms with Crippen molar-refractivity contribution in [3.05, 3.63) is 62.4 Å². The molecule has 0 aromatic heterocycles. The minimum atomic E-state index is -0.643. The lowest BCUT2D eigenvalue weighted by Gasteiger charge is -2.08. The van der Waals surface area contributed by atoms with Crippen LogP contribution in [-0.2, 0) is 0 Å². The molecule has 20 heavy (non-hydrogen) atoms. The highest BCUT2D eigenvalue weighted by Gasteiger charge is 2.15. The molecule has 0 radical (unpaired) electrons. The van der Waals surface area contributed by atoms with Gasteiger partial charge in [0.1, 0.15) is 28.9 Å². The molecular formula is C13H6BrFN2O3. The monoisotopic (exact) mass is 336 g/mol. The highest BCUT2D eigenvalue weighted by molar-refractivity contribution is 9.10. The van der Waals surface area contributed by atoms with Crippen LogP contribution in [0.1, 0.15) is 5.56 Å². The Hall–Kier alpha value is -2.46. The van der Waals surface area contributed by atoms with Crippen LogP contribution in [0.15, 0.2) is 40.9 Å². The van der Waals surface area contributed by atoms with Gasteiger partial charge >= 0.3 is 0 Å². The second-order valence-corrected chi connectivity index (χ2v) is 4.58. The van der Waals surface area contributed by atoms with Gasteiger partial charge in [-0.25, -0.2) is 4.39 Å². The highest BCUT2D eigenvalue weighted by Crippen LogP contribution is 2.32. The first-order valence-electron chi connectivity index (χ1n) is 5.32. The molecule has 0 amide bonds. The van der Waals surface area contributed by atoms with Crippen LogP contribution in [0, 0.1) is 27.3 Å². The summed E-state index contributed by atoms with van der Waals surface area (Å²) in [5, 5.41) is 19.6. The molecule has 0 saturated carbocycles. The fourth-order valence-electron chi connectivity index (χ4n) is 1.51. The Morgan fingerprint density at radius 2 is 2.05 bits per heavy atom. The number of nitriles is 1. The maximum Gasteiger partial charge on any atom is 0.287 e. The van der Waals surface area contributed by atoms with Crippen LogP contribution in [0.25, 0.3) is 0 Å². The Morgan fingerprint density at radius 3 is 2.65 bits per heavy atom. The first-order chi connectivity index (χ1) is 9.51. The molecule has 0 aliphatic heterocycles. The SMILES string of the molecule is N#Cc1cc(Oc2ccc(F)cc2Br)ccc1[N+](=O)[O-]. The Balaban J connectivity index is 2.35. The van der Waals surface area contributed by atoms with Gasteiger partial charge < -0.3 is 4.74 Å². The van der Waals surface area contributed by atoms with E-state index >= 15 is 0 Å². The van der Waals surface area contributed by atoms with Crippen molar-refractivity contribution in [2.24, 2.45) is 0 Å². The van der Waals surface area contributed by atoms with Crippen molar-refractivity contribution in [3.8, 4) is 17.6 Å². The number of nitro benzene ring substituents is 1. The van der Waals surface area contributed by atoms with E-state index in [-0.39, 0.29) is 17.0 Å². The molecule has 100 valence electrons. The lowest BCUT2D eigenvalue weighted by Crippen LogP contribution is -1.93. The molecule has 2 rings (SSSR count). The van der Waals surface area contributed by atoms with E-state index in [9.17, 15) is 14.5 Å². The van der Waals surface area contributed by atoms with E-state index in [2.05, 4.69) is 15.9 Å². The van der Waals surface area contributed by atoms with Gasteiger partial charge in [0.05, 0.1) is 9.40 Å². The van der Waals surface area contributed by atoms with Crippen molar-refractivity contribution in [1.82, 2.24) is 0 Å². The molecule has 2 aromatic rings. The van der Waals surface area contributed by atoms with E-state index in [0.717, 1.165) is 0 Å². The second-order valence-electron chi connectivity index (χ2n) is 3.72. The fraction of sp³-hybridized carbons (Fsp3) is 0. The molecule has 0 bridgehead atoms. The molecule has 5 nitrogen and oxygen atoms in total. The summed E-state index contributed by atoms with van der Waals surface area (Å²) in [7, 11) is 0. The second kappa shape index (κ2) is 5.67. The molecule has 0 unspecified atom stereocenters. The standard InChI is InChI=1S/C13H6BrFN2O3/c14-11-6-9(15)1-4-13(11)20-10-2-3-12(17(18)19)8(5-10)7-16/h1-6H. The Labute approximate surface area is 121 Å². The first kappa shape index (κ1) is 14.0. The van der Waals surface area contributed by atoms with E-state index in [1.165, 1.54) is 36.4 Å². The van der Waals surface area contributed by atoms with Gasteiger partial charge in [-0.05, 0) is 40.2 Å². The van der Waals surface area contributed by atoms with Crippen molar-refractivity contribution in [3.63, 3.8) is 0 Å². The summed E-state index contributed by atoms with van der Waals surface area (Å²) in [6.07, 6.45) is 0. The predicted octanol–water partition coefficient (Wildman–Crippen LogP) is 4.16. The number of rotatable bonds is 3. The summed E-state index contributed by atoms with van der Waals surface area (Å²) in [4.78, 5) is 10.1. The van der Waals surface area contributed by atoms with Crippen molar-refractivity contribution in [1.29, 1.82) is 5.26 Å². The zero-order valence-electron chi connectivity index (χ0n) is 9.84. The normalized spacial score (nSPS) is 9.85. The van der Waals surface area contributed by atoms with E-state index in [1.54, 1.807) is 6.07 Å². The number of hydrogen-bond donors (Lipinski definition) is 0. The number of benzene rings is 2. The van der Waals surface area contributed by atoms with E-state index < -0.39 is 10.7 Å². The van der Waals surface area contributed by atoms with Gasteiger partial charge in [0.25, 0.3) is 5.69 Å². The van der Waals surface area contributed by atoms with Gasteiger partial charge in [0, 0.05) is 12.1 Å². The Kier molecular flexibility index (Phi) is 3.96. The number of nitrogens with zero attached hydrogens (tertiary/aromatic N) is 2. The maximum atomic E-state index is 12.9. The lowest BCUT2D eigenvalue weighted by atomic mass is 10.2. The maximum absolute atomic E-state index is 12.9. The third kappa shape index (κ3) is 2.92. The summed E-state index contributed by atoms with van der Waals surface area (Å²) in [5.74, 6) is 0.161. The molecule has 0 fully saturated rings. The third-order valence-corrected chi connectivity index (χ3v) is 3.03. The molecule has 2 aromatic carbocycles. The van der Waals surface area contributed by atoms with Crippen LogP contribution in [0.4, 0.5) is 10.1 Å². The van der Waals surface area contributed by atoms with E-state index in [4.69, 9.17) is 10.00 Å². The van der Waals surface area contributed by atoms with Gasteiger partial charge in [-0.2, -0.15) is 5.26 Å². The topological polar surface area (TPSA) is 76.2 Å². The smallest absolute Gasteiger partial charge is 0.287 e. The van der Waals surface area contributed by atoms with Gasteiger partial charge in [-0.1, -0.05) is 0 Å². The molecule has 0 aliphatic carbocycles. The van der Waals surface area contributed by atoms with Crippen LogP contribution < -0.4 is 4.74 Å². The van der Waals surface area contributed by atoms with Crippen LogP contribution in [0.2, 0.25) is 0 Å². The largest absolute Gasteiger partial charge is 0.456 e. The van der Waals surface area contributed by atoms with E-state index in [0.29, 0.717) is 10.2 Å². The fourth-order valence-corrected chi connectivity index (χ4v) is 1.94. The molecule has 7 heteroatoms. The minimum Gasteiger partial charge on any atom is -0.456 e. The molecule has 0 N–H and O–H groups in total. The van der Waals surface area contributed by atoms with Crippen molar-refractivity contribution < 1.29 is 14.1 Å². The Bertz CT molecular complexity index is 728. The van der Waals surface area contributed by atoms with Gasteiger partial charge in [0.15, 0.2) is 0 Å². The van der Waals surface area contributed by atoms with E-state index in [1.807, 2.05) is 0 Å². The summed E-state index contributed by atoms with van der Waals surface area (Å²) in [5.41, 5.74) is -0.399. The predicted molar refractivity (Wildman–Crippen MR) is 72.0 cm³/mol. The van der Waals surface area contributed by atoms with Crippen LogP contribution in [0.5, 0.6) is 11.5 Å². The number of hydrogen-bond acceptors (Lipinski definition) is 4. The summed E-state index contributed by atoms with van der Waals surface area (Å²) in [6.45, 7) is 0. The van der Waals surface area contributed by atoms with Crippen molar-refractivity contribution in [2.75, 3.05) is 0 Å². The van der Waals surface area contributed by atoms with Gasteiger partial charge in [0.2, 0.25) is 0 Å². The van der Waals surface area contributed by atoms with Crippen molar-refractivity contribution >= 4 is 21.6 Å². The quantitative estimate of drug-likeness (QED) is 0.622. The lowest BCUT2D eigenvalue weighted by molar-refractivity contribution is -0.385. The number of halogens is 2. The minimum absolute atomic E-state index is 0.106. The molecule has 0 saturated heterocycles. The zero-order valence-corrected chi connectivity index (χ0v) is 11.4. The third-order valence-electron chi connectivity index (χ3n) is 2.41. The first-order valence-corrected chi connectivity index (χ1v) is 6.12. The molecular weight excluding hydrogens is 331 g/mol. The molecule has 0 heterocycles. The summed E-state index contributed by atoms with van der Waals surface area (Å²) in [6, 6.07) is 9.40. The van der Waals surface area contributed by atoms with Gasteiger partial charge in [-0.15, -0.1) is 0 Å².